The van der Waals surface area contributed by atoms with Gasteiger partial charge in [-0.3, -0.25) is 0 Å². The normalized spacial score (nSPS) is 14.6. The van der Waals surface area contributed by atoms with Crippen molar-refractivity contribution in [2.75, 3.05) is 36.4 Å². The summed E-state index contributed by atoms with van der Waals surface area (Å²) in [5.74, 6) is 0.146. The number of nitrogens with zero attached hydrogens (tertiary/aromatic N) is 2. The van der Waals surface area contributed by atoms with Gasteiger partial charge in [-0.2, -0.15) is 0 Å². The Morgan fingerprint density at radius 1 is 1.04 bits per heavy atom. The van der Waals surface area contributed by atoms with Crippen LogP contribution >= 0.6 is 0 Å². The first-order chi connectivity index (χ1) is 11.5. The molecule has 24 heavy (non-hydrogen) atoms. The summed E-state index contributed by atoms with van der Waals surface area (Å²) in [6, 6.07) is 12.8. The molecule has 0 radical (unpaired) electrons. The van der Waals surface area contributed by atoms with Gasteiger partial charge in [-0.25, -0.2) is 4.79 Å². The summed E-state index contributed by atoms with van der Waals surface area (Å²) in [7, 11) is 0. The molecule has 0 saturated carbocycles. The number of carbonyl (C=O) groups is 1. The van der Waals surface area contributed by atoms with Crippen molar-refractivity contribution in [3.63, 3.8) is 0 Å². The van der Waals surface area contributed by atoms with Crippen molar-refractivity contribution in [2.45, 2.75) is 13.8 Å². The van der Waals surface area contributed by atoms with Crippen LogP contribution in [0.5, 0.6) is 5.75 Å². The predicted octanol–water partition coefficient (Wildman–Crippen LogP) is 3.36. The summed E-state index contributed by atoms with van der Waals surface area (Å²) in [6.07, 6.45) is 0. The fourth-order valence-corrected chi connectivity index (χ4v) is 3.01. The maximum atomic E-state index is 12.4. The molecule has 5 nitrogen and oxygen atoms in total. The number of hydrogen-bond donors (Lipinski definition) is 2. The smallest absolute Gasteiger partial charge is 0.321 e. The second-order valence-corrected chi connectivity index (χ2v) is 6.17. The van der Waals surface area contributed by atoms with E-state index in [0.29, 0.717) is 18.8 Å². The van der Waals surface area contributed by atoms with Crippen LogP contribution in [0, 0.1) is 13.8 Å². The third-order valence-corrected chi connectivity index (χ3v) is 4.58. The third-order valence-electron chi connectivity index (χ3n) is 4.58. The third kappa shape index (κ3) is 3.45. The van der Waals surface area contributed by atoms with E-state index in [9.17, 15) is 9.90 Å². The first kappa shape index (κ1) is 16.2. The van der Waals surface area contributed by atoms with E-state index in [1.54, 1.807) is 24.3 Å². The molecule has 1 aliphatic rings. The highest BCUT2D eigenvalue weighted by Gasteiger charge is 2.22. The minimum atomic E-state index is -0.124. The van der Waals surface area contributed by atoms with Crippen LogP contribution in [-0.4, -0.2) is 42.2 Å². The highest BCUT2D eigenvalue weighted by atomic mass is 16.3. The summed E-state index contributed by atoms with van der Waals surface area (Å²) >= 11 is 0. The number of aromatic hydroxyl groups is 1. The van der Waals surface area contributed by atoms with Crippen LogP contribution in [0.3, 0.4) is 0 Å². The quantitative estimate of drug-likeness (QED) is 0.890. The largest absolute Gasteiger partial charge is 0.508 e. The monoisotopic (exact) mass is 325 g/mol. The van der Waals surface area contributed by atoms with Crippen molar-refractivity contribution in [1.82, 2.24) is 4.90 Å². The molecule has 5 heteroatoms. The summed E-state index contributed by atoms with van der Waals surface area (Å²) in [5, 5.41) is 12.3. The van der Waals surface area contributed by atoms with Crippen LogP contribution in [0.2, 0.25) is 0 Å². The van der Waals surface area contributed by atoms with E-state index in [1.807, 2.05) is 4.90 Å². The van der Waals surface area contributed by atoms with Crippen LogP contribution in [-0.2, 0) is 0 Å². The maximum absolute atomic E-state index is 12.4. The first-order valence-electron chi connectivity index (χ1n) is 8.21. The van der Waals surface area contributed by atoms with Gasteiger partial charge in [0, 0.05) is 43.6 Å². The Morgan fingerprint density at radius 3 is 2.46 bits per heavy atom. The van der Waals surface area contributed by atoms with Crippen molar-refractivity contribution in [3.05, 3.63) is 53.6 Å². The van der Waals surface area contributed by atoms with Gasteiger partial charge in [0.15, 0.2) is 0 Å². The van der Waals surface area contributed by atoms with Gasteiger partial charge in [0.2, 0.25) is 0 Å². The van der Waals surface area contributed by atoms with Gasteiger partial charge in [0.05, 0.1) is 0 Å². The number of aryl methyl sites for hydroxylation is 1. The van der Waals surface area contributed by atoms with Crippen LogP contribution in [0.25, 0.3) is 0 Å². The zero-order chi connectivity index (χ0) is 17.1. The van der Waals surface area contributed by atoms with E-state index in [1.165, 1.54) is 16.8 Å². The molecule has 2 aromatic carbocycles. The topological polar surface area (TPSA) is 55.8 Å². The van der Waals surface area contributed by atoms with Gasteiger partial charge in [0.1, 0.15) is 5.75 Å². The molecule has 2 amide bonds. The Morgan fingerprint density at radius 2 is 1.75 bits per heavy atom. The average Bonchev–Trinajstić information content (AvgIpc) is 2.57. The number of hydrogen-bond acceptors (Lipinski definition) is 3. The van der Waals surface area contributed by atoms with Crippen molar-refractivity contribution < 1.29 is 9.90 Å². The summed E-state index contributed by atoms with van der Waals surface area (Å²) in [6.45, 7) is 7.26. The number of anilines is 2. The Labute approximate surface area is 142 Å². The Bertz CT molecular complexity index is 737. The highest BCUT2D eigenvalue weighted by molar-refractivity contribution is 5.89. The van der Waals surface area contributed by atoms with E-state index in [0.717, 1.165) is 13.1 Å². The average molecular weight is 325 g/mol. The maximum Gasteiger partial charge on any atom is 0.321 e. The molecule has 1 aliphatic heterocycles. The summed E-state index contributed by atoms with van der Waals surface area (Å²) in [4.78, 5) is 16.5. The van der Waals surface area contributed by atoms with Crippen molar-refractivity contribution in [1.29, 1.82) is 0 Å². The highest BCUT2D eigenvalue weighted by Crippen LogP contribution is 2.24. The van der Waals surface area contributed by atoms with E-state index in [4.69, 9.17) is 0 Å². The van der Waals surface area contributed by atoms with Gasteiger partial charge in [0.25, 0.3) is 0 Å². The number of benzene rings is 2. The molecule has 0 spiro atoms. The first-order valence-corrected chi connectivity index (χ1v) is 8.21. The van der Waals surface area contributed by atoms with Crippen LogP contribution < -0.4 is 10.2 Å². The van der Waals surface area contributed by atoms with E-state index in [2.05, 4.69) is 42.3 Å². The molecule has 2 N–H and O–H groups in total. The Balaban J connectivity index is 1.60. The molecule has 1 heterocycles. The van der Waals surface area contributed by atoms with Crippen LogP contribution in [0.1, 0.15) is 11.1 Å². The molecule has 3 rings (SSSR count). The summed E-state index contributed by atoms with van der Waals surface area (Å²) in [5.41, 5.74) is 4.45. The molecule has 1 fully saturated rings. The molecule has 0 atom stereocenters. The molecule has 2 aromatic rings. The fraction of sp³-hybridized carbons (Fsp3) is 0.316. The fourth-order valence-electron chi connectivity index (χ4n) is 3.01. The number of piperazine rings is 1. The van der Waals surface area contributed by atoms with E-state index < -0.39 is 0 Å². The molecular weight excluding hydrogens is 302 g/mol. The second-order valence-electron chi connectivity index (χ2n) is 6.17. The van der Waals surface area contributed by atoms with Gasteiger partial charge in [-0.05, 0) is 43.2 Å². The van der Waals surface area contributed by atoms with E-state index >= 15 is 0 Å². The lowest BCUT2D eigenvalue weighted by molar-refractivity contribution is 0.208. The number of amides is 2. The number of rotatable bonds is 2. The summed E-state index contributed by atoms with van der Waals surface area (Å²) < 4.78 is 0. The zero-order valence-electron chi connectivity index (χ0n) is 14.1. The van der Waals surface area contributed by atoms with Gasteiger partial charge >= 0.3 is 6.03 Å². The number of phenols is 1. The lowest BCUT2D eigenvalue weighted by Gasteiger charge is -2.37. The van der Waals surface area contributed by atoms with Crippen molar-refractivity contribution in [3.8, 4) is 5.75 Å². The number of urea groups is 1. The lowest BCUT2D eigenvalue weighted by Crippen LogP contribution is -2.50. The standard InChI is InChI=1S/C19H23N3O2/c1-14-5-3-8-18(15(14)2)21-9-11-22(12-10-21)19(24)20-16-6-4-7-17(23)13-16/h3-8,13,23H,9-12H2,1-2H3,(H,20,24). The SMILES string of the molecule is Cc1cccc(N2CCN(C(=O)Nc3cccc(O)c3)CC2)c1C. The van der Waals surface area contributed by atoms with Crippen LogP contribution in [0.4, 0.5) is 16.2 Å². The van der Waals surface area contributed by atoms with Gasteiger partial charge in [-0.1, -0.05) is 18.2 Å². The minimum absolute atomic E-state index is 0.124. The molecule has 0 aromatic heterocycles. The molecule has 0 unspecified atom stereocenters. The number of carbonyl (C=O) groups excluding carboxylic acids is 1. The molecule has 0 bridgehead atoms. The minimum Gasteiger partial charge on any atom is -0.508 e. The number of phenolic OH excluding ortho intramolecular Hbond substituents is 1. The second kappa shape index (κ2) is 6.83. The molecular formula is C19H23N3O2. The molecule has 1 saturated heterocycles. The van der Waals surface area contributed by atoms with E-state index in [-0.39, 0.29) is 11.8 Å². The Hall–Kier alpha value is -2.69. The number of nitrogens with one attached hydrogen (secondary N) is 1. The van der Waals surface area contributed by atoms with Crippen molar-refractivity contribution in [2.24, 2.45) is 0 Å². The van der Waals surface area contributed by atoms with Gasteiger partial charge < -0.3 is 20.2 Å². The predicted molar refractivity (Wildman–Crippen MR) is 96.8 cm³/mol. The zero-order valence-corrected chi connectivity index (χ0v) is 14.1. The Kier molecular flexibility index (Phi) is 4.60. The lowest BCUT2D eigenvalue weighted by atomic mass is 10.1. The van der Waals surface area contributed by atoms with Crippen LogP contribution in [0.15, 0.2) is 42.5 Å². The molecule has 126 valence electrons. The molecule has 0 aliphatic carbocycles. The van der Waals surface area contributed by atoms with Crippen molar-refractivity contribution >= 4 is 17.4 Å². The van der Waals surface area contributed by atoms with Gasteiger partial charge in [-0.15, -0.1) is 0 Å².